The van der Waals surface area contributed by atoms with Crippen LogP contribution in [-0.4, -0.2) is 15.5 Å². The monoisotopic (exact) mass is 419 g/mol. The van der Waals surface area contributed by atoms with E-state index in [-0.39, 0.29) is 17.9 Å². The van der Waals surface area contributed by atoms with Gasteiger partial charge in [-0.05, 0) is 24.1 Å². The topological polar surface area (TPSA) is 78.0 Å². The van der Waals surface area contributed by atoms with Gasteiger partial charge >= 0.3 is 0 Å². The Morgan fingerprint density at radius 3 is 2.68 bits per heavy atom. The highest BCUT2D eigenvalue weighted by Gasteiger charge is 2.16. The number of nitrogens with zero attached hydrogens (tertiary/aromatic N) is 2. The van der Waals surface area contributed by atoms with E-state index < -0.39 is 0 Å². The summed E-state index contributed by atoms with van der Waals surface area (Å²) in [5.41, 5.74) is 7.04. The fourth-order valence-electron chi connectivity index (χ4n) is 2.82. The van der Waals surface area contributed by atoms with Gasteiger partial charge in [0.15, 0.2) is 0 Å². The van der Waals surface area contributed by atoms with E-state index in [4.69, 9.17) is 5.73 Å². The average Bonchev–Trinajstić information content (AvgIpc) is 3.01. The predicted octanol–water partition coefficient (Wildman–Crippen LogP) is 3.72. The molecule has 0 aliphatic rings. The molecule has 2 heterocycles. The first-order valence-electron chi connectivity index (χ1n) is 8.06. The molecule has 0 unspecified atom stereocenters. The van der Waals surface area contributed by atoms with Crippen LogP contribution in [0.4, 0.5) is 0 Å². The number of benzene rings is 1. The van der Waals surface area contributed by atoms with Crippen LogP contribution in [0.5, 0.6) is 0 Å². The maximum absolute atomic E-state index is 13.1. The van der Waals surface area contributed by atoms with E-state index in [1.807, 2.05) is 36.6 Å². The molecule has 0 atom stereocenters. The zero-order valence-electron chi connectivity index (χ0n) is 13.8. The number of primary amides is 1. The average molecular weight is 420 g/mol. The minimum atomic E-state index is -0.355. The first-order chi connectivity index (χ1) is 12.0. The molecule has 0 fully saturated rings. The van der Waals surface area contributed by atoms with Gasteiger partial charge in [0.1, 0.15) is 10.7 Å². The molecular weight excluding hydrogens is 402 g/mol. The van der Waals surface area contributed by atoms with E-state index in [0.29, 0.717) is 24.8 Å². The molecule has 2 N–H and O–H groups in total. The van der Waals surface area contributed by atoms with E-state index in [1.165, 1.54) is 11.3 Å². The molecule has 0 saturated heterocycles. The SMILES string of the molecule is CCc1nc2scc(-c3ccc(Br)cc3)c2c(=O)n1CCCC(N)=O. The maximum Gasteiger partial charge on any atom is 0.262 e. The molecule has 0 aliphatic carbocycles. The number of carbonyl (C=O) groups is 1. The molecule has 2 aromatic heterocycles. The number of rotatable bonds is 6. The van der Waals surface area contributed by atoms with E-state index >= 15 is 0 Å². The third-order valence-corrected chi connectivity index (χ3v) is 5.45. The van der Waals surface area contributed by atoms with Crippen molar-refractivity contribution in [3.05, 3.63) is 50.3 Å². The van der Waals surface area contributed by atoms with Crippen molar-refractivity contribution < 1.29 is 4.79 Å². The summed E-state index contributed by atoms with van der Waals surface area (Å²) in [7, 11) is 0. The lowest BCUT2D eigenvalue weighted by molar-refractivity contribution is -0.118. The van der Waals surface area contributed by atoms with Crippen molar-refractivity contribution in [3.8, 4) is 11.1 Å². The van der Waals surface area contributed by atoms with Gasteiger partial charge < -0.3 is 5.73 Å². The number of aryl methyl sites for hydroxylation is 1. The van der Waals surface area contributed by atoms with Crippen LogP contribution in [0.2, 0.25) is 0 Å². The van der Waals surface area contributed by atoms with Gasteiger partial charge in [-0.1, -0.05) is 35.0 Å². The second kappa shape index (κ2) is 7.49. The summed E-state index contributed by atoms with van der Waals surface area (Å²) >= 11 is 4.91. The Morgan fingerprint density at radius 2 is 2.04 bits per heavy atom. The summed E-state index contributed by atoms with van der Waals surface area (Å²) in [6, 6.07) is 7.88. The summed E-state index contributed by atoms with van der Waals surface area (Å²) < 4.78 is 2.67. The van der Waals surface area contributed by atoms with E-state index in [1.54, 1.807) is 4.57 Å². The van der Waals surface area contributed by atoms with Gasteiger partial charge in [0.2, 0.25) is 5.91 Å². The predicted molar refractivity (Wildman–Crippen MR) is 105 cm³/mol. The van der Waals surface area contributed by atoms with E-state index in [9.17, 15) is 9.59 Å². The van der Waals surface area contributed by atoms with Crippen molar-refractivity contribution in [2.24, 2.45) is 5.73 Å². The zero-order valence-corrected chi connectivity index (χ0v) is 16.2. The Labute approximate surface area is 157 Å². The lowest BCUT2D eigenvalue weighted by Gasteiger charge is -2.11. The van der Waals surface area contributed by atoms with Gasteiger partial charge in [-0.2, -0.15) is 0 Å². The highest BCUT2D eigenvalue weighted by Crippen LogP contribution is 2.31. The Balaban J connectivity index is 2.11. The van der Waals surface area contributed by atoms with E-state index in [0.717, 1.165) is 26.3 Å². The van der Waals surface area contributed by atoms with Gasteiger partial charge in [0.25, 0.3) is 5.56 Å². The van der Waals surface area contributed by atoms with Crippen molar-refractivity contribution in [1.29, 1.82) is 0 Å². The van der Waals surface area contributed by atoms with Crippen LogP contribution in [0.1, 0.15) is 25.6 Å². The molecule has 0 bridgehead atoms. The number of carbonyl (C=O) groups excluding carboxylic acids is 1. The molecule has 3 rings (SSSR count). The van der Waals surface area contributed by atoms with Crippen molar-refractivity contribution in [3.63, 3.8) is 0 Å². The second-order valence-electron chi connectivity index (χ2n) is 5.74. The van der Waals surface area contributed by atoms with Gasteiger partial charge in [0.05, 0.1) is 5.39 Å². The fourth-order valence-corrected chi connectivity index (χ4v) is 4.04. The molecule has 1 amide bonds. The summed E-state index contributed by atoms with van der Waals surface area (Å²) in [5, 5.41) is 2.62. The molecule has 0 radical (unpaired) electrons. The van der Waals surface area contributed by atoms with Crippen LogP contribution in [0.15, 0.2) is 38.9 Å². The lowest BCUT2D eigenvalue weighted by atomic mass is 10.1. The molecular formula is C18H18BrN3O2S. The van der Waals surface area contributed by atoms with Crippen molar-refractivity contribution in [2.75, 3.05) is 0 Å². The van der Waals surface area contributed by atoms with Crippen molar-refractivity contribution >= 4 is 43.4 Å². The van der Waals surface area contributed by atoms with Crippen molar-refractivity contribution in [2.45, 2.75) is 32.7 Å². The summed E-state index contributed by atoms with van der Waals surface area (Å²) in [6.07, 6.45) is 1.46. The molecule has 3 aromatic rings. The molecule has 0 aliphatic heterocycles. The Morgan fingerprint density at radius 1 is 1.32 bits per heavy atom. The minimum absolute atomic E-state index is 0.0505. The summed E-state index contributed by atoms with van der Waals surface area (Å²) in [6.45, 7) is 2.42. The number of fused-ring (bicyclic) bond motifs is 1. The molecule has 130 valence electrons. The molecule has 7 heteroatoms. The highest BCUT2D eigenvalue weighted by molar-refractivity contribution is 9.10. The second-order valence-corrected chi connectivity index (χ2v) is 7.52. The number of amides is 1. The Hall–Kier alpha value is -1.99. The quantitative estimate of drug-likeness (QED) is 0.660. The third kappa shape index (κ3) is 3.67. The first kappa shape index (κ1) is 17.8. The van der Waals surface area contributed by atoms with Crippen LogP contribution in [0.3, 0.4) is 0 Å². The van der Waals surface area contributed by atoms with Crippen LogP contribution >= 0.6 is 27.3 Å². The number of hydrogen-bond donors (Lipinski definition) is 1. The van der Waals surface area contributed by atoms with Gasteiger partial charge in [-0.3, -0.25) is 14.2 Å². The number of nitrogens with two attached hydrogens (primary N) is 1. The van der Waals surface area contributed by atoms with Crippen LogP contribution in [0, 0.1) is 0 Å². The number of hydrogen-bond acceptors (Lipinski definition) is 4. The number of aromatic nitrogens is 2. The first-order valence-corrected chi connectivity index (χ1v) is 9.73. The molecule has 5 nitrogen and oxygen atoms in total. The largest absolute Gasteiger partial charge is 0.370 e. The maximum atomic E-state index is 13.1. The fraction of sp³-hybridized carbons (Fsp3) is 0.278. The lowest BCUT2D eigenvalue weighted by Crippen LogP contribution is -2.25. The summed E-state index contributed by atoms with van der Waals surface area (Å²) in [4.78, 5) is 29.5. The number of thiophene rings is 1. The van der Waals surface area contributed by atoms with E-state index in [2.05, 4.69) is 20.9 Å². The van der Waals surface area contributed by atoms with Gasteiger partial charge in [-0.15, -0.1) is 11.3 Å². The Bertz CT molecular complexity index is 976. The molecule has 0 saturated carbocycles. The van der Waals surface area contributed by atoms with Crippen LogP contribution in [0.25, 0.3) is 21.3 Å². The third-order valence-electron chi connectivity index (χ3n) is 4.05. The standard InChI is InChI=1S/C18H18BrN3O2S/c1-2-15-21-17-16(18(24)22(15)9-3-4-14(20)23)13(10-25-17)11-5-7-12(19)8-6-11/h5-8,10H,2-4,9H2,1H3,(H2,20,23). The molecule has 1 aromatic carbocycles. The zero-order chi connectivity index (χ0) is 18.0. The Kier molecular flexibility index (Phi) is 5.34. The number of halogens is 1. The normalized spacial score (nSPS) is 11.1. The highest BCUT2D eigenvalue weighted by atomic mass is 79.9. The smallest absolute Gasteiger partial charge is 0.262 e. The van der Waals surface area contributed by atoms with Crippen LogP contribution in [-0.2, 0) is 17.8 Å². The van der Waals surface area contributed by atoms with Crippen molar-refractivity contribution in [1.82, 2.24) is 9.55 Å². The van der Waals surface area contributed by atoms with Crippen LogP contribution < -0.4 is 11.3 Å². The minimum Gasteiger partial charge on any atom is -0.370 e. The van der Waals surface area contributed by atoms with Gasteiger partial charge in [-0.25, -0.2) is 4.98 Å². The molecule has 25 heavy (non-hydrogen) atoms. The summed E-state index contributed by atoms with van der Waals surface area (Å²) in [5.74, 6) is 0.386. The van der Waals surface area contributed by atoms with Gasteiger partial charge in [0, 0.05) is 34.8 Å². The molecule has 0 spiro atoms.